The average Bonchev–Trinajstić information content (AvgIpc) is 2.80. The molecule has 3 aromatic rings. The number of hydrogen-bond donors (Lipinski definition) is 1. The van der Waals surface area contributed by atoms with Gasteiger partial charge in [0.25, 0.3) is 0 Å². The lowest BCUT2D eigenvalue weighted by atomic mass is 10.0. The topological polar surface area (TPSA) is 50.3 Å². The van der Waals surface area contributed by atoms with Crippen molar-refractivity contribution in [2.24, 2.45) is 0 Å². The van der Waals surface area contributed by atoms with Gasteiger partial charge in [-0.3, -0.25) is 14.9 Å². The van der Waals surface area contributed by atoms with Gasteiger partial charge in [0.15, 0.2) is 0 Å². The first-order chi connectivity index (χ1) is 14.4. The van der Waals surface area contributed by atoms with E-state index in [4.69, 9.17) is 9.72 Å². The van der Waals surface area contributed by atoms with Crippen molar-refractivity contribution < 1.29 is 4.74 Å². The minimum absolute atomic E-state index is 0. The highest BCUT2D eigenvalue weighted by Gasteiger charge is 2.11. The van der Waals surface area contributed by atoms with E-state index in [1.165, 1.54) is 11.1 Å². The first-order valence-electron chi connectivity index (χ1n) is 10.4. The number of halogens is 2. The lowest BCUT2D eigenvalue weighted by Gasteiger charge is -2.26. The fourth-order valence-electron chi connectivity index (χ4n) is 3.68. The Morgan fingerprint density at radius 1 is 0.903 bits per heavy atom. The van der Waals surface area contributed by atoms with Crippen molar-refractivity contribution in [3.8, 4) is 22.4 Å². The van der Waals surface area contributed by atoms with Gasteiger partial charge in [-0.15, -0.1) is 24.8 Å². The smallest absolute Gasteiger partial charge is 0.0748 e. The van der Waals surface area contributed by atoms with Crippen LogP contribution in [0.2, 0.25) is 0 Å². The van der Waals surface area contributed by atoms with Crippen LogP contribution in [0.5, 0.6) is 0 Å². The number of aromatic nitrogens is 2. The fourth-order valence-corrected chi connectivity index (χ4v) is 3.68. The predicted molar refractivity (Wildman–Crippen MR) is 131 cm³/mol. The third-order valence-corrected chi connectivity index (χ3v) is 5.27. The predicted octanol–water partition coefficient (Wildman–Crippen LogP) is 4.47. The van der Waals surface area contributed by atoms with Crippen molar-refractivity contribution in [3.05, 3.63) is 72.7 Å². The number of rotatable bonds is 8. The summed E-state index contributed by atoms with van der Waals surface area (Å²) in [6.07, 6.45) is 6.74. The molecule has 0 saturated carbocycles. The molecule has 2 aromatic heterocycles. The summed E-state index contributed by atoms with van der Waals surface area (Å²) in [6.45, 7) is 6.73. The highest BCUT2D eigenvalue weighted by molar-refractivity contribution is 5.85. The molecule has 0 atom stereocenters. The second kappa shape index (κ2) is 13.4. The SMILES string of the molecule is Cl.Cl.c1ccc(-c2cnc(-c3ccncc3)c(CNCCCN3CCOCC3)c2)cc1. The van der Waals surface area contributed by atoms with Crippen LogP contribution in [-0.4, -0.2) is 54.3 Å². The molecule has 0 bridgehead atoms. The van der Waals surface area contributed by atoms with Gasteiger partial charge >= 0.3 is 0 Å². The zero-order valence-electron chi connectivity index (χ0n) is 17.6. The molecular formula is C24H30Cl2N4O. The maximum absolute atomic E-state index is 5.42. The molecule has 4 rings (SSSR count). The molecule has 3 heterocycles. The molecule has 166 valence electrons. The van der Waals surface area contributed by atoms with Gasteiger partial charge < -0.3 is 10.1 Å². The number of pyridine rings is 2. The molecule has 1 fully saturated rings. The highest BCUT2D eigenvalue weighted by atomic mass is 35.5. The molecule has 0 radical (unpaired) electrons. The minimum Gasteiger partial charge on any atom is -0.379 e. The Bertz CT molecular complexity index is 891. The molecule has 1 N–H and O–H groups in total. The molecule has 0 aliphatic carbocycles. The minimum atomic E-state index is 0. The number of morpholine rings is 1. The van der Waals surface area contributed by atoms with Gasteiger partial charge in [0, 0.05) is 49.4 Å². The summed E-state index contributed by atoms with van der Waals surface area (Å²) in [5, 5.41) is 3.62. The Hall–Kier alpha value is -2.02. The summed E-state index contributed by atoms with van der Waals surface area (Å²) in [5.74, 6) is 0. The molecular weight excluding hydrogens is 431 g/mol. The van der Waals surface area contributed by atoms with Crippen LogP contribution in [-0.2, 0) is 11.3 Å². The van der Waals surface area contributed by atoms with Gasteiger partial charge in [-0.05, 0) is 48.8 Å². The van der Waals surface area contributed by atoms with E-state index in [0.29, 0.717) is 0 Å². The van der Waals surface area contributed by atoms with Crippen LogP contribution in [0, 0.1) is 0 Å². The molecule has 31 heavy (non-hydrogen) atoms. The van der Waals surface area contributed by atoms with Gasteiger partial charge in [-0.2, -0.15) is 0 Å². The summed E-state index contributed by atoms with van der Waals surface area (Å²) >= 11 is 0. The molecule has 1 aliphatic heterocycles. The largest absolute Gasteiger partial charge is 0.379 e. The Morgan fingerprint density at radius 2 is 1.65 bits per heavy atom. The molecule has 0 amide bonds. The standard InChI is InChI=1S/C24H28N4O.2ClH/c1-2-5-20(6-3-1)22-17-23(24(27-19-22)21-7-10-25-11-8-21)18-26-9-4-12-28-13-15-29-16-14-28;;/h1-3,5-8,10-11,17,19,26H,4,9,12-16,18H2;2*1H. The van der Waals surface area contributed by atoms with Crippen molar-refractivity contribution in [2.45, 2.75) is 13.0 Å². The van der Waals surface area contributed by atoms with Crippen LogP contribution >= 0.6 is 24.8 Å². The van der Waals surface area contributed by atoms with E-state index in [0.717, 1.165) is 69.2 Å². The normalized spacial score (nSPS) is 13.8. The van der Waals surface area contributed by atoms with E-state index < -0.39 is 0 Å². The van der Waals surface area contributed by atoms with E-state index in [9.17, 15) is 0 Å². The number of hydrogen-bond acceptors (Lipinski definition) is 5. The summed E-state index contributed by atoms with van der Waals surface area (Å²) < 4.78 is 5.42. The lowest BCUT2D eigenvalue weighted by Crippen LogP contribution is -2.37. The van der Waals surface area contributed by atoms with Gasteiger partial charge in [-0.25, -0.2) is 0 Å². The van der Waals surface area contributed by atoms with Crippen molar-refractivity contribution in [1.82, 2.24) is 20.2 Å². The third kappa shape index (κ3) is 7.27. The van der Waals surface area contributed by atoms with E-state index in [-0.39, 0.29) is 24.8 Å². The van der Waals surface area contributed by atoms with E-state index >= 15 is 0 Å². The monoisotopic (exact) mass is 460 g/mol. The molecule has 0 unspecified atom stereocenters. The van der Waals surface area contributed by atoms with Gasteiger partial charge in [0.05, 0.1) is 18.9 Å². The third-order valence-electron chi connectivity index (χ3n) is 5.27. The van der Waals surface area contributed by atoms with Crippen molar-refractivity contribution in [1.29, 1.82) is 0 Å². The average molecular weight is 461 g/mol. The molecule has 7 heteroatoms. The van der Waals surface area contributed by atoms with Gasteiger partial charge in [0.2, 0.25) is 0 Å². The van der Waals surface area contributed by atoms with E-state index in [1.54, 1.807) is 0 Å². The summed E-state index contributed by atoms with van der Waals surface area (Å²) in [4.78, 5) is 11.4. The van der Waals surface area contributed by atoms with E-state index in [2.05, 4.69) is 45.5 Å². The Labute approximate surface area is 197 Å². The van der Waals surface area contributed by atoms with Crippen LogP contribution < -0.4 is 5.32 Å². The molecule has 5 nitrogen and oxygen atoms in total. The summed E-state index contributed by atoms with van der Waals surface area (Å²) in [6, 6.07) is 16.7. The maximum atomic E-state index is 5.42. The summed E-state index contributed by atoms with van der Waals surface area (Å²) in [5.41, 5.74) is 5.67. The number of benzene rings is 1. The first-order valence-corrected chi connectivity index (χ1v) is 10.4. The molecule has 0 spiro atoms. The van der Waals surface area contributed by atoms with Gasteiger partial charge in [0.1, 0.15) is 0 Å². The van der Waals surface area contributed by atoms with Crippen LogP contribution in [0.25, 0.3) is 22.4 Å². The van der Waals surface area contributed by atoms with Crippen molar-refractivity contribution in [3.63, 3.8) is 0 Å². The Morgan fingerprint density at radius 3 is 2.39 bits per heavy atom. The second-order valence-corrected chi connectivity index (χ2v) is 7.32. The second-order valence-electron chi connectivity index (χ2n) is 7.32. The van der Waals surface area contributed by atoms with Crippen molar-refractivity contribution >= 4 is 24.8 Å². The molecule has 1 saturated heterocycles. The van der Waals surface area contributed by atoms with Gasteiger partial charge in [-0.1, -0.05) is 30.3 Å². The summed E-state index contributed by atoms with van der Waals surface area (Å²) in [7, 11) is 0. The zero-order chi connectivity index (χ0) is 19.7. The molecule has 1 aliphatic rings. The number of nitrogens with zero attached hydrogens (tertiary/aromatic N) is 3. The molecule has 1 aromatic carbocycles. The van der Waals surface area contributed by atoms with Crippen LogP contribution in [0.15, 0.2) is 67.1 Å². The van der Waals surface area contributed by atoms with Crippen LogP contribution in [0.3, 0.4) is 0 Å². The fraction of sp³-hybridized carbons (Fsp3) is 0.333. The Balaban J connectivity index is 0.00000171. The van der Waals surface area contributed by atoms with Crippen molar-refractivity contribution in [2.75, 3.05) is 39.4 Å². The highest BCUT2D eigenvalue weighted by Crippen LogP contribution is 2.26. The number of ether oxygens (including phenoxy) is 1. The zero-order valence-corrected chi connectivity index (χ0v) is 19.2. The number of nitrogens with one attached hydrogen (secondary N) is 1. The van der Waals surface area contributed by atoms with E-state index in [1.807, 2.05) is 36.8 Å². The lowest BCUT2D eigenvalue weighted by molar-refractivity contribution is 0.0374. The maximum Gasteiger partial charge on any atom is 0.0748 e. The van der Waals surface area contributed by atoms with Crippen LogP contribution in [0.1, 0.15) is 12.0 Å². The van der Waals surface area contributed by atoms with Crippen LogP contribution in [0.4, 0.5) is 0 Å². The quantitative estimate of drug-likeness (QED) is 0.502. The first kappa shape index (κ1) is 25.2. The Kier molecular flexibility index (Phi) is 10.9.